The van der Waals surface area contributed by atoms with Crippen molar-refractivity contribution >= 4 is 17.3 Å². The first-order chi connectivity index (χ1) is 11.4. The highest BCUT2D eigenvalue weighted by molar-refractivity contribution is 5.92. The van der Waals surface area contributed by atoms with Gasteiger partial charge < -0.3 is 0 Å². The summed E-state index contributed by atoms with van der Waals surface area (Å²) in [4.78, 5) is 38.2. The Morgan fingerprint density at radius 2 is 1.24 bits per heavy atom. The fourth-order valence-electron chi connectivity index (χ4n) is 3.53. The first-order valence-electron chi connectivity index (χ1n) is 9.65. The first kappa shape index (κ1) is 21.8. The van der Waals surface area contributed by atoms with Crippen molar-refractivity contribution in [1.29, 1.82) is 0 Å². The fraction of sp³-hybridized carbons (Fsp3) is 0.773. The Hall–Kier alpha value is -1.25. The molecule has 0 aromatic rings. The second-order valence-corrected chi connectivity index (χ2v) is 9.62. The molecule has 2 atom stereocenters. The van der Waals surface area contributed by atoms with Crippen molar-refractivity contribution in [3.8, 4) is 0 Å². The number of hydrogen-bond donors (Lipinski definition) is 0. The van der Waals surface area contributed by atoms with Crippen molar-refractivity contribution in [3.05, 3.63) is 12.2 Å². The monoisotopic (exact) mass is 348 g/mol. The summed E-state index contributed by atoms with van der Waals surface area (Å²) in [6, 6.07) is 0. The van der Waals surface area contributed by atoms with E-state index in [0.29, 0.717) is 19.3 Å². The SMILES string of the molecule is CC(C)(C)C1CC(=O)CC/C=C/CCCC(=O)C(C(C)(C)C)CC1=O. The summed E-state index contributed by atoms with van der Waals surface area (Å²) in [6.07, 6.45) is 8.07. The van der Waals surface area contributed by atoms with Gasteiger partial charge in [0.25, 0.3) is 0 Å². The molecular weight excluding hydrogens is 312 g/mol. The number of hydrogen-bond acceptors (Lipinski definition) is 3. The van der Waals surface area contributed by atoms with Crippen LogP contribution < -0.4 is 0 Å². The van der Waals surface area contributed by atoms with Crippen LogP contribution in [0, 0.1) is 22.7 Å². The third kappa shape index (κ3) is 7.25. The summed E-state index contributed by atoms with van der Waals surface area (Å²) in [7, 11) is 0. The van der Waals surface area contributed by atoms with Crippen molar-refractivity contribution in [2.45, 2.75) is 86.5 Å². The molecule has 1 aliphatic carbocycles. The van der Waals surface area contributed by atoms with Crippen LogP contribution >= 0.6 is 0 Å². The zero-order valence-corrected chi connectivity index (χ0v) is 17.0. The Morgan fingerprint density at radius 3 is 1.80 bits per heavy atom. The molecule has 3 nitrogen and oxygen atoms in total. The molecule has 0 amide bonds. The maximum Gasteiger partial charge on any atom is 0.137 e. The van der Waals surface area contributed by atoms with Gasteiger partial charge in [0.15, 0.2) is 0 Å². The van der Waals surface area contributed by atoms with E-state index in [1.807, 2.05) is 47.6 Å². The Kier molecular flexibility index (Phi) is 7.77. The van der Waals surface area contributed by atoms with Crippen LogP contribution in [0.2, 0.25) is 0 Å². The van der Waals surface area contributed by atoms with Crippen molar-refractivity contribution in [2.75, 3.05) is 0 Å². The van der Waals surface area contributed by atoms with Crippen LogP contribution in [0.5, 0.6) is 0 Å². The van der Waals surface area contributed by atoms with Crippen LogP contribution in [0.3, 0.4) is 0 Å². The maximum absolute atomic E-state index is 13.1. The number of carbonyl (C=O) groups is 3. The molecule has 0 saturated heterocycles. The second-order valence-electron chi connectivity index (χ2n) is 9.62. The third-order valence-electron chi connectivity index (χ3n) is 5.26. The Balaban J connectivity index is 3.12. The Morgan fingerprint density at radius 1 is 0.720 bits per heavy atom. The third-order valence-corrected chi connectivity index (χ3v) is 5.26. The highest BCUT2D eigenvalue weighted by Gasteiger charge is 2.38. The van der Waals surface area contributed by atoms with Crippen LogP contribution in [-0.2, 0) is 14.4 Å². The van der Waals surface area contributed by atoms with Crippen molar-refractivity contribution in [3.63, 3.8) is 0 Å². The minimum atomic E-state index is -0.315. The Bertz CT molecular complexity index is 514. The van der Waals surface area contributed by atoms with Gasteiger partial charge in [-0.15, -0.1) is 0 Å². The molecule has 1 aliphatic rings. The average molecular weight is 349 g/mol. The van der Waals surface area contributed by atoms with Gasteiger partial charge in [-0.1, -0.05) is 53.7 Å². The highest BCUT2D eigenvalue weighted by Crippen LogP contribution is 2.37. The first-order valence-corrected chi connectivity index (χ1v) is 9.65. The zero-order chi connectivity index (χ0) is 19.3. The standard InChI is InChI=1S/C22H36O3/c1-21(2,3)17-14-16(23)12-10-8-7-9-11-13-19(24)18(15-20(17)25)22(4,5)6/h7-8,17-18H,9-15H2,1-6H3/b8-7+. The van der Waals surface area contributed by atoms with E-state index in [-0.39, 0.29) is 46.4 Å². The summed E-state index contributed by atoms with van der Waals surface area (Å²) in [6.45, 7) is 12.1. The summed E-state index contributed by atoms with van der Waals surface area (Å²) >= 11 is 0. The van der Waals surface area contributed by atoms with Crippen LogP contribution in [0.15, 0.2) is 12.2 Å². The summed E-state index contributed by atoms with van der Waals surface area (Å²) in [5.74, 6) is -0.183. The van der Waals surface area contributed by atoms with Crippen LogP contribution in [0.1, 0.15) is 86.5 Å². The van der Waals surface area contributed by atoms with E-state index in [0.717, 1.165) is 19.3 Å². The van der Waals surface area contributed by atoms with Crippen LogP contribution in [0.25, 0.3) is 0 Å². The molecule has 0 aliphatic heterocycles. The largest absolute Gasteiger partial charge is 0.300 e. The molecule has 0 heterocycles. The van der Waals surface area contributed by atoms with E-state index in [1.54, 1.807) is 0 Å². The van der Waals surface area contributed by atoms with Crippen molar-refractivity contribution < 1.29 is 14.4 Å². The maximum atomic E-state index is 13.1. The lowest BCUT2D eigenvalue weighted by molar-refractivity contribution is -0.136. The fourth-order valence-corrected chi connectivity index (χ4v) is 3.53. The molecule has 0 saturated carbocycles. The van der Waals surface area contributed by atoms with Gasteiger partial charge in [0, 0.05) is 37.5 Å². The lowest BCUT2D eigenvalue weighted by Gasteiger charge is -2.34. The quantitative estimate of drug-likeness (QED) is 0.557. The van der Waals surface area contributed by atoms with Gasteiger partial charge in [-0.3, -0.25) is 14.4 Å². The van der Waals surface area contributed by atoms with Gasteiger partial charge in [0.1, 0.15) is 17.3 Å². The normalized spacial score (nSPS) is 27.0. The number of Topliss-reactive ketones (excluding diaryl/α,β-unsaturated/α-hetero) is 3. The molecule has 0 spiro atoms. The predicted molar refractivity (Wildman–Crippen MR) is 102 cm³/mol. The van der Waals surface area contributed by atoms with E-state index in [4.69, 9.17) is 0 Å². The van der Waals surface area contributed by atoms with Gasteiger partial charge in [-0.25, -0.2) is 0 Å². The van der Waals surface area contributed by atoms with Gasteiger partial charge >= 0.3 is 0 Å². The van der Waals surface area contributed by atoms with Gasteiger partial charge in [-0.2, -0.15) is 0 Å². The summed E-state index contributed by atoms with van der Waals surface area (Å²) < 4.78 is 0. The molecule has 0 aromatic heterocycles. The Labute approximate surface area is 153 Å². The van der Waals surface area contributed by atoms with E-state index in [2.05, 4.69) is 6.08 Å². The van der Waals surface area contributed by atoms with Gasteiger partial charge in [0.05, 0.1) is 0 Å². The highest BCUT2D eigenvalue weighted by atomic mass is 16.1. The molecule has 3 heteroatoms. The van der Waals surface area contributed by atoms with E-state index in [9.17, 15) is 14.4 Å². The number of allylic oxidation sites excluding steroid dienone is 2. The lowest BCUT2D eigenvalue weighted by Crippen LogP contribution is -2.37. The smallest absolute Gasteiger partial charge is 0.137 e. The lowest BCUT2D eigenvalue weighted by atomic mass is 9.69. The summed E-state index contributed by atoms with van der Waals surface area (Å²) in [5.41, 5.74) is -0.517. The second kappa shape index (κ2) is 8.91. The molecule has 0 bridgehead atoms. The topological polar surface area (TPSA) is 51.2 Å². The summed E-state index contributed by atoms with van der Waals surface area (Å²) in [5, 5.41) is 0. The van der Waals surface area contributed by atoms with E-state index >= 15 is 0 Å². The molecule has 142 valence electrons. The zero-order valence-electron chi connectivity index (χ0n) is 17.0. The van der Waals surface area contributed by atoms with E-state index in [1.165, 1.54) is 0 Å². The molecule has 1 rings (SSSR count). The van der Waals surface area contributed by atoms with Crippen LogP contribution in [-0.4, -0.2) is 17.3 Å². The van der Waals surface area contributed by atoms with E-state index < -0.39 is 0 Å². The molecule has 2 unspecified atom stereocenters. The minimum absolute atomic E-state index is 0.0710. The molecule has 0 radical (unpaired) electrons. The minimum Gasteiger partial charge on any atom is -0.300 e. The number of ketones is 3. The molecule has 0 fully saturated rings. The molecule has 0 N–H and O–H groups in total. The van der Waals surface area contributed by atoms with Crippen molar-refractivity contribution in [1.82, 2.24) is 0 Å². The average Bonchev–Trinajstić information content (AvgIpc) is 2.45. The van der Waals surface area contributed by atoms with Crippen LogP contribution in [0.4, 0.5) is 0 Å². The van der Waals surface area contributed by atoms with Gasteiger partial charge in [0.2, 0.25) is 0 Å². The molecular formula is C22H36O3. The number of rotatable bonds is 0. The molecule has 0 aromatic carbocycles. The molecule has 25 heavy (non-hydrogen) atoms. The van der Waals surface area contributed by atoms with Gasteiger partial charge in [-0.05, 0) is 30.1 Å². The van der Waals surface area contributed by atoms with Crippen molar-refractivity contribution in [2.24, 2.45) is 22.7 Å². The number of carbonyl (C=O) groups excluding carboxylic acids is 3. The predicted octanol–water partition coefficient (Wildman–Crippen LogP) is 5.32.